The molecule has 0 aliphatic carbocycles. The second-order valence-corrected chi connectivity index (χ2v) is 17.8. The van der Waals surface area contributed by atoms with Crippen LogP contribution in [0.5, 0.6) is 0 Å². The van der Waals surface area contributed by atoms with E-state index in [4.69, 9.17) is 16.7 Å². The monoisotopic (exact) mass is 871 g/mol. The van der Waals surface area contributed by atoms with Crippen LogP contribution in [-0.4, -0.2) is 132 Å². The third-order valence-corrected chi connectivity index (χ3v) is 14.2. The first-order valence-corrected chi connectivity index (χ1v) is 21.9. The number of rotatable bonds is 9. The molecule has 5 aliphatic rings. The third-order valence-electron chi connectivity index (χ3n) is 13.9. The largest absolute Gasteiger partial charge is 0.385 e. The van der Waals surface area contributed by atoms with Gasteiger partial charge in [0.05, 0.1) is 29.1 Å². The quantitative estimate of drug-likeness (QED) is 0.200. The van der Waals surface area contributed by atoms with Crippen LogP contribution < -0.4 is 25.8 Å². The average molecular weight is 872 g/mol. The first kappa shape index (κ1) is 41.9. The molecule has 18 heteroatoms. The number of carbonyl (C=O) groups is 4. The van der Waals surface area contributed by atoms with Crippen LogP contribution in [0.1, 0.15) is 70.5 Å². The van der Waals surface area contributed by atoms with Crippen molar-refractivity contribution in [2.45, 2.75) is 57.4 Å². The van der Waals surface area contributed by atoms with Gasteiger partial charge in [0.15, 0.2) is 17.2 Å². The van der Waals surface area contributed by atoms with Gasteiger partial charge in [0, 0.05) is 82.5 Å². The zero-order valence-electron chi connectivity index (χ0n) is 35.1. The number of likely N-dealkylation sites (tertiary alicyclic amines) is 3. The van der Waals surface area contributed by atoms with Gasteiger partial charge in [-0.15, -0.1) is 5.10 Å². The van der Waals surface area contributed by atoms with Crippen LogP contribution in [0.15, 0.2) is 48.7 Å². The fraction of sp³-hybridized carbons (Fsp3) is 0.500. The molecule has 0 unspecified atom stereocenters. The van der Waals surface area contributed by atoms with Crippen molar-refractivity contribution in [3.05, 3.63) is 76.1 Å². The van der Waals surface area contributed by atoms with Crippen LogP contribution in [0, 0.1) is 11.3 Å². The van der Waals surface area contributed by atoms with Crippen molar-refractivity contribution in [3.63, 3.8) is 0 Å². The molecule has 0 bridgehead atoms. The van der Waals surface area contributed by atoms with E-state index in [1.807, 2.05) is 24.1 Å². The molecule has 2 aromatic carbocycles. The van der Waals surface area contributed by atoms with Crippen molar-refractivity contribution >= 4 is 63.9 Å². The van der Waals surface area contributed by atoms with Gasteiger partial charge in [0.1, 0.15) is 0 Å². The molecular weight excluding hydrogens is 820 g/mol. The number of piperidine rings is 3. The van der Waals surface area contributed by atoms with E-state index in [2.05, 4.69) is 42.9 Å². The molecule has 15 nitrogen and oxygen atoms in total. The molecule has 5 aliphatic heterocycles. The first-order valence-electron chi connectivity index (χ1n) is 21.6. The van der Waals surface area contributed by atoms with E-state index < -0.39 is 17.4 Å². The molecule has 62 heavy (non-hydrogen) atoms. The molecule has 3 N–H and O–H groups in total. The molecule has 0 radical (unpaired) electrons. The van der Waals surface area contributed by atoms with Crippen LogP contribution in [0.3, 0.4) is 0 Å². The number of imidazole rings is 1. The Morgan fingerprint density at radius 3 is 2.37 bits per heavy atom. The van der Waals surface area contributed by atoms with E-state index in [0.717, 1.165) is 37.2 Å². The van der Waals surface area contributed by atoms with Crippen molar-refractivity contribution in [3.8, 4) is 0 Å². The predicted molar refractivity (Wildman–Crippen MR) is 232 cm³/mol. The fourth-order valence-electron chi connectivity index (χ4n) is 10.2. The second kappa shape index (κ2) is 16.7. The van der Waals surface area contributed by atoms with E-state index in [9.17, 15) is 19.2 Å². The normalized spacial score (nSPS) is 20.8. The molecule has 5 amide bonds. The summed E-state index contributed by atoms with van der Waals surface area (Å²) < 4.78 is 34.2. The minimum absolute atomic E-state index is 0.141. The number of benzene rings is 2. The number of halogens is 3. The Morgan fingerprint density at radius 2 is 1.65 bits per heavy atom. The number of nitrogens with one attached hydrogen (secondary N) is 3. The van der Waals surface area contributed by atoms with E-state index >= 15 is 8.78 Å². The van der Waals surface area contributed by atoms with Crippen LogP contribution in [0.25, 0.3) is 5.65 Å². The summed E-state index contributed by atoms with van der Waals surface area (Å²) in [7, 11) is 3.39. The number of anilines is 4. The molecule has 7 heterocycles. The fourth-order valence-corrected chi connectivity index (χ4v) is 10.4. The highest BCUT2D eigenvalue weighted by atomic mass is 35.5. The van der Waals surface area contributed by atoms with Gasteiger partial charge in [-0.1, -0.05) is 23.7 Å². The minimum Gasteiger partial charge on any atom is -0.385 e. The number of urea groups is 1. The van der Waals surface area contributed by atoms with Gasteiger partial charge in [0.25, 0.3) is 17.7 Å². The Labute approximate surface area is 363 Å². The van der Waals surface area contributed by atoms with Crippen molar-refractivity contribution in [2.75, 3.05) is 88.1 Å². The van der Waals surface area contributed by atoms with Gasteiger partial charge in [-0.25, -0.2) is 23.1 Å². The van der Waals surface area contributed by atoms with E-state index in [0.29, 0.717) is 98.5 Å². The Morgan fingerprint density at radius 1 is 0.903 bits per heavy atom. The molecule has 4 saturated heterocycles. The summed E-state index contributed by atoms with van der Waals surface area (Å²) in [6, 6.07) is 12.5. The Kier molecular flexibility index (Phi) is 11.3. The molecule has 4 fully saturated rings. The average Bonchev–Trinajstić information content (AvgIpc) is 3.91. The summed E-state index contributed by atoms with van der Waals surface area (Å²) in [5.74, 6) is -2.70. The summed E-state index contributed by atoms with van der Waals surface area (Å²) in [6.45, 7) is 4.83. The summed E-state index contributed by atoms with van der Waals surface area (Å²) in [6.07, 6.45) is 5.30. The number of amides is 5. The zero-order chi connectivity index (χ0) is 43.3. The number of nitrogens with zero attached hydrogens (tertiary/aromatic N) is 8. The molecular formula is C44H52ClF2N11O4. The topological polar surface area (TPSA) is 151 Å². The third kappa shape index (κ3) is 7.72. The molecule has 1 spiro atoms. The SMILES string of the molecule is CNC(=O)c1cnc2c(NC)cc(N3CCc4c(CN5CCC6(CC5)CCN(CC5CCN(C(=O)c7ccc(Cl)c(N8CCC(=O)NC8=O)c7)CC5)CC6(F)F)cccc43)nn12. The van der Waals surface area contributed by atoms with Gasteiger partial charge < -0.3 is 20.4 Å². The van der Waals surface area contributed by atoms with E-state index in [-0.39, 0.29) is 43.1 Å². The van der Waals surface area contributed by atoms with Crippen molar-refractivity contribution in [1.29, 1.82) is 0 Å². The lowest BCUT2D eigenvalue weighted by atomic mass is 9.68. The molecule has 328 valence electrons. The van der Waals surface area contributed by atoms with Gasteiger partial charge in [-0.05, 0) is 99.5 Å². The maximum Gasteiger partial charge on any atom is 0.328 e. The summed E-state index contributed by atoms with van der Waals surface area (Å²) in [4.78, 5) is 64.2. The number of hydrogen-bond donors (Lipinski definition) is 3. The number of aromatic nitrogens is 3. The highest BCUT2D eigenvalue weighted by molar-refractivity contribution is 6.34. The van der Waals surface area contributed by atoms with Crippen LogP contribution >= 0.6 is 11.6 Å². The zero-order valence-corrected chi connectivity index (χ0v) is 35.8. The summed E-state index contributed by atoms with van der Waals surface area (Å²) in [5.41, 5.74) is 4.92. The molecule has 9 rings (SSSR count). The summed E-state index contributed by atoms with van der Waals surface area (Å²) >= 11 is 6.40. The second-order valence-electron chi connectivity index (χ2n) is 17.3. The smallest absolute Gasteiger partial charge is 0.328 e. The predicted octanol–water partition coefficient (Wildman–Crippen LogP) is 5.40. The number of alkyl halides is 2. The molecule has 2 aromatic heterocycles. The molecule has 0 saturated carbocycles. The van der Waals surface area contributed by atoms with Crippen molar-refractivity contribution in [2.24, 2.45) is 11.3 Å². The Balaban J connectivity index is 0.780. The highest BCUT2D eigenvalue weighted by Crippen LogP contribution is 2.51. The van der Waals surface area contributed by atoms with Gasteiger partial charge in [-0.2, -0.15) is 0 Å². The van der Waals surface area contributed by atoms with Crippen LogP contribution in [0.4, 0.5) is 36.5 Å². The number of imide groups is 1. The number of fused-ring (bicyclic) bond motifs is 2. The van der Waals surface area contributed by atoms with Crippen LogP contribution in [-0.2, 0) is 17.8 Å². The first-order chi connectivity index (χ1) is 29.9. The van der Waals surface area contributed by atoms with E-state index in [1.165, 1.54) is 22.2 Å². The van der Waals surface area contributed by atoms with E-state index in [1.54, 1.807) is 34.7 Å². The lowest BCUT2D eigenvalue weighted by Crippen LogP contribution is -2.59. The van der Waals surface area contributed by atoms with Gasteiger partial charge in [-0.3, -0.25) is 34.4 Å². The van der Waals surface area contributed by atoms with Crippen LogP contribution in [0.2, 0.25) is 5.02 Å². The lowest BCUT2D eigenvalue weighted by Gasteiger charge is -2.52. The molecule has 4 aromatic rings. The van der Waals surface area contributed by atoms with Crippen molar-refractivity contribution < 1.29 is 28.0 Å². The van der Waals surface area contributed by atoms with Gasteiger partial charge in [0.2, 0.25) is 5.91 Å². The Bertz CT molecular complexity index is 2410. The number of hydrogen-bond acceptors (Lipinski definition) is 10. The molecule has 0 atom stereocenters. The maximum absolute atomic E-state index is 16.3. The maximum atomic E-state index is 16.3. The summed E-state index contributed by atoms with van der Waals surface area (Å²) in [5, 5.41) is 13.3. The Hall–Kier alpha value is -5.39. The van der Waals surface area contributed by atoms with Gasteiger partial charge >= 0.3 is 6.03 Å². The lowest BCUT2D eigenvalue weighted by molar-refractivity contribution is -0.189. The minimum atomic E-state index is -2.81. The standard InChI is InChI=1S/C44H52ClF2N11O4/c1-48-33-23-37(52-58-36(40(60)49-2)24-50-39(33)58)56-17-10-31-30(4-3-5-34(31)56)26-53-19-12-43(13-20-53)14-21-54(27-44(43,46)47)25-28-8-15-55(16-9-28)41(61)29-6-7-32(45)35(22-29)57-18-11-38(59)51-42(57)62/h3-7,22-24,28,48H,8-21,25-27H2,1-2H3,(H,49,60)(H,51,59,62). The van der Waals surface area contributed by atoms with Crippen molar-refractivity contribution in [1.82, 2.24) is 39.9 Å². The number of carbonyl (C=O) groups excluding carboxylic acids is 4. The highest BCUT2D eigenvalue weighted by Gasteiger charge is 2.57.